The highest BCUT2D eigenvalue weighted by Crippen LogP contribution is 1.88. The number of unbranched alkanes of at least 4 members (excludes halogenated alkanes) is 1. The Labute approximate surface area is 120 Å². The van der Waals surface area contributed by atoms with Gasteiger partial charge in [-0.15, -0.1) is 0 Å². The van der Waals surface area contributed by atoms with Gasteiger partial charge in [-0.1, -0.05) is 0 Å². The standard InChI is InChI=1S/C13H27NO6/c14-4-1-2-5-17-7-9-19-11-12-20-10-8-18-6-3-13(15)16/h1-12,14H2,(H,15,16). The van der Waals surface area contributed by atoms with Crippen LogP contribution in [-0.2, 0) is 23.7 Å². The van der Waals surface area contributed by atoms with Crippen LogP contribution < -0.4 is 5.73 Å². The number of carboxylic acids is 1. The average molecular weight is 293 g/mol. The highest BCUT2D eigenvalue weighted by Gasteiger charge is 1.96. The molecule has 0 rings (SSSR count). The van der Waals surface area contributed by atoms with E-state index in [1.807, 2.05) is 0 Å². The fourth-order valence-corrected chi connectivity index (χ4v) is 1.27. The quantitative estimate of drug-likeness (QED) is 0.394. The first kappa shape index (κ1) is 19.3. The SMILES string of the molecule is NCCCCOCCOCCOCCOCCC(=O)O. The zero-order valence-corrected chi connectivity index (χ0v) is 12.1. The third-order valence-electron chi connectivity index (χ3n) is 2.32. The lowest BCUT2D eigenvalue weighted by molar-refractivity contribution is -0.138. The number of carbonyl (C=O) groups is 1. The minimum absolute atomic E-state index is 0.0222. The smallest absolute Gasteiger partial charge is 0.305 e. The first-order chi connectivity index (χ1) is 9.77. The lowest BCUT2D eigenvalue weighted by Crippen LogP contribution is -2.13. The lowest BCUT2D eigenvalue weighted by atomic mass is 10.3. The number of nitrogens with two attached hydrogens (primary N) is 1. The van der Waals surface area contributed by atoms with Crippen molar-refractivity contribution >= 4 is 5.97 Å². The molecule has 0 saturated heterocycles. The second-order valence-electron chi connectivity index (χ2n) is 4.09. The molecule has 0 aromatic heterocycles. The van der Waals surface area contributed by atoms with Crippen molar-refractivity contribution in [3.8, 4) is 0 Å². The van der Waals surface area contributed by atoms with Gasteiger partial charge in [0.25, 0.3) is 0 Å². The van der Waals surface area contributed by atoms with Crippen LogP contribution in [0.5, 0.6) is 0 Å². The van der Waals surface area contributed by atoms with Gasteiger partial charge < -0.3 is 29.8 Å². The number of rotatable bonds is 16. The first-order valence-electron chi connectivity index (χ1n) is 7.00. The van der Waals surface area contributed by atoms with Gasteiger partial charge in [-0.05, 0) is 19.4 Å². The van der Waals surface area contributed by atoms with Crippen LogP contribution in [0.1, 0.15) is 19.3 Å². The summed E-state index contributed by atoms with van der Waals surface area (Å²) in [6.07, 6.45) is 2.00. The van der Waals surface area contributed by atoms with Gasteiger partial charge in [0.1, 0.15) is 0 Å². The number of aliphatic carboxylic acids is 1. The van der Waals surface area contributed by atoms with Crippen LogP contribution in [0.2, 0.25) is 0 Å². The largest absolute Gasteiger partial charge is 0.481 e. The Morgan fingerprint density at radius 2 is 1.20 bits per heavy atom. The summed E-state index contributed by atoms with van der Waals surface area (Å²) in [5, 5.41) is 8.37. The van der Waals surface area contributed by atoms with E-state index in [1.54, 1.807) is 0 Å². The van der Waals surface area contributed by atoms with Gasteiger partial charge in [-0.25, -0.2) is 0 Å². The summed E-state index contributed by atoms with van der Waals surface area (Å²) in [5.41, 5.74) is 5.36. The summed E-state index contributed by atoms with van der Waals surface area (Å²) >= 11 is 0. The van der Waals surface area contributed by atoms with Crippen molar-refractivity contribution in [2.75, 3.05) is 59.4 Å². The number of hydrogen-bond donors (Lipinski definition) is 2. The van der Waals surface area contributed by atoms with Gasteiger partial charge in [0.15, 0.2) is 0 Å². The van der Waals surface area contributed by atoms with E-state index < -0.39 is 5.97 Å². The molecule has 20 heavy (non-hydrogen) atoms. The number of ether oxygens (including phenoxy) is 4. The monoisotopic (exact) mass is 293 g/mol. The summed E-state index contributed by atoms with van der Waals surface area (Å²) in [5.74, 6) is -0.857. The van der Waals surface area contributed by atoms with Gasteiger partial charge >= 0.3 is 5.97 Å². The summed E-state index contributed by atoms with van der Waals surface area (Å²) in [4.78, 5) is 10.2. The summed E-state index contributed by atoms with van der Waals surface area (Å²) in [6.45, 7) is 4.65. The van der Waals surface area contributed by atoms with E-state index in [9.17, 15) is 4.79 Å². The molecule has 0 amide bonds. The van der Waals surface area contributed by atoms with E-state index in [-0.39, 0.29) is 13.0 Å². The molecule has 0 bridgehead atoms. The topological polar surface area (TPSA) is 100 Å². The van der Waals surface area contributed by atoms with Crippen LogP contribution in [0, 0.1) is 0 Å². The lowest BCUT2D eigenvalue weighted by Gasteiger charge is -2.07. The van der Waals surface area contributed by atoms with Crippen molar-refractivity contribution in [2.45, 2.75) is 19.3 Å². The maximum atomic E-state index is 10.2. The van der Waals surface area contributed by atoms with Gasteiger partial charge in [0.2, 0.25) is 0 Å². The van der Waals surface area contributed by atoms with Crippen molar-refractivity contribution in [1.82, 2.24) is 0 Å². The van der Waals surface area contributed by atoms with E-state index in [1.165, 1.54) is 0 Å². The summed E-state index contributed by atoms with van der Waals surface area (Å²) < 4.78 is 21.0. The molecule has 120 valence electrons. The molecule has 0 saturated carbocycles. The minimum Gasteiger partial charge on any atom is -0.481 e. The summed E-state index contributed by atoms with van der Waals surface area (Å²) in [7, 11) is 0. The molecule has 0 heterocycles. The normalized spacial score (nSPS) is 10.8. The predicted octanol–water partition coefficient (Wildman–Crippen LogP) is 0.266. The minimum atomic E-state index is -0.857. The van der Waals surface area contributed by atoms with Crippen LogP contribution >= 0.6 is 0 Å². The van der Waals surface area contributed by atoms with E-state index in [4.69, 9.17) is 29.8 Å². The Bertz CT molecular complexity index is 215. The van der Waals surface area contributed by atoms with Gasteiger partial charge in [-0.3, -0.25) is 4.79 Å². The number of hydrogen-bond acceptors (Lipinski definition) is 6. The van der Waals surface area contributed by atoms with E-state index in [0.717, 1.165) is 19.4 Å². The molecule has 3 N–H and O–H groups in total. The van der Waals surface area contributed by atoms with E-state index in [0.29, 0.717) is 46.2 Å². The molecule has 0 atom stereocenters. The fraction of sp³-hybridized carbons (Fsp3) is 0.923. The second-order valence-corrected chi connectivity index (χ2v) is 4.09. The molecule has 0 fully saturated rings. The van der Waals surface area contributed by atoms with Crippen LogP contribution in [0.25, 0.3) is 0 Å². The molecule has 0 unspecified atom stereocenters. The Morgan fingerprint density at radius 1 is 0.750 bits per heavy atom. The molecule has 7 nitrogen and oxygen atoms in total. The maximum Gasteiger partial charge on any atom is 0.305 e. The van der Waals surface area contributed by atoms with Crippen molar-refractivity contribution in [3.63, 3.8) is 0 Å². The molecular formula is C13H27NO6. The zero-order chi connectivity index (χ0) is 14.9. The highest BCUT2D eigenvalue weighted by molar-refractivity contribution is 5.66. The van der Waals surface area contributed by atoms with Crippen molar-refractivity contribution < 1.29 is 28.8 Å². The Balaban J connectivity index is 2.94. The van der Waals surface area contributed by atoms with Crippen LogP contribution in [-0.4, -0.2) is 70.5 Å². The molecule has 0 aromatic rings. The zero-order valence-electron chi connectivity index (χ0n) is 12.1. The first-order valence-corrected chi connectivity index (χ1v) is 7.00. The Morgan fingerprint density at radius 3 is 1.65 bits per heavy atom. The average Bonchev–Trinajstić information content (AvgIpc) is 2.43. The van der Waals surface area contributed by atoms with Gasteiger partial charge in [0, 0.05) is 6.61 Å². The maximum absolute atomic E-state index is 10.2. The highest BCUT2D eigenvalue weighted by atomic mass is 16.6. The third kappa shape index (κ3) is 17.3. The number of carboxylic acid groups (broad SMARTS) is 1. The Kier molecular flexibility index (Phi) is 15.7. The molecule has 0 spiro atoms. The second kappa shape index (κ2) is 16.3. The van der Waals surface area contributed by atoms with Crippen LogP contribution in [0.3, 0.4) is 0 Å². The summed E-state index contributed by atoms with van der Waals surface area (Å²) in [6, 6.07) is 0. The molecule has 0 aliphatic rings. The van der Waals surface area contributed by atoms with Crippen molar-refractivity contribution in [3.05, 3.63) is 0 Å². The molecule has 7 heteroatoms. The third-order valence-corrected chi connectivity index (χ3v) is 2.32. The molecule has 0 radical (unpaired) electrons. The van der Waals surface area contributed by atoms with Gasteiger partial charge in [0.05, 0.1) is 52.7 Å². The predicted molar refractivity (Wildman–Crippen MR) is 73.8 cm³/mol. The van der Waals surface area contributed by atoms with Crippen molar-refractivity contribution in [2.24, 2.45) is 5.73 Å². The molecule has 0 aromatic carbocycles. The molecule has 0 aliphatic heterocycles. The van der Waals surface area contributed by atoms with Gasteiger partial charge in [-0.2, -0.15) is 0 Å². The fourth-order valence-electron chi connectivity index (χ4n) is 1.27. The molecular weight excluding hydrogens is 266 g/mol. The van der Waals surface area contributed by atoms with Crippen LogP contribution in [0.4, 0.5) is 0 Å². The Hall–Kier alpha value is -0.730. The van der Waals surface area contributed by atoms with E-state index in [2.05, 4.69) is 0 Å². The molecule has 0 aliphatic carbocycles. The van der Waals surface area contributed by atoms with E-state index >= 15 is 0 Å². The van der Waals surface area contributed by atoms with Crippen LogP contribution in [0.15, 0.2) is 0 Å². The van der Waals surface area contributed by atoms with Crippen molar-refractivity contribution in [1.29, 1.82) is 0 Å².